The van der Waals surface area contributed by atoms with Crippen LogP contribution in [0.5, 0.6) is 0 Å². The largest absolute Gasteiger partial charge is 0.0772 e. The fourth-order valence-electron chi connectivity index (χ4n) is 5.76. The molecule has 0 radical (unpaired) electrons. The first-order valence-corrected chi connectivity index (χ1v) is 11.2. The van der Waals surface area contributed by atoms with Crippen molar-refractivity contribution >= 4 is 8.07 Å². The van der Waals surface area contributed by atoms with Gasteiger partial charge in [0.05, 0.1) is 8.07 Å². The summed E-state index contributed by atoms with van der Waals surface area (Å²) in [5.41, 5.74) is 11.5. The van der Waals surface area contributed by atoms with Crippen LogP contribution in [0.1, 0.15) is 54.4 Å². The minimum atomic E-state index is -1.35. The molecule has 1 fully saturated rings. The number of hydrogen-bond donors (Lipinski definition) is 0. The van der Waals surface area contributed by atoms with Crippen molar-refractivity contribution in [3.8, 4) is 0 Å². The van der Waals surface area contributed by atoms with E-state index in [1.165, 1.54) is 24.9 Å². The highest BCUT2D eigenvalue weighted by molar-refractivity contribution is 6.85. The van der Waals surface area contributed by atoms with Crippen LogP contribution in [-0.4, -0.2) is 8.07 Å². The minimum absolute atomic E-state index is 0.814. The van der Waals surface area contributed by atoms with Gasteiger partial charge in [0.25, 0.3) is 0 Å². The molecule has 114 valence electrons. The Labute approximate surface area is 131 Å². The molecule has 1 saturated heterocycles. The molecule has 1 aliphatic heterocycles. The van der Waals surface area contributed by atoms with Crippen molar-refractivity contribution in [1.29, 1.82) is 0 Å². The third-order valence-electron chi connectivity index (χ3n) is 6.59. The summed E-state index contributed by atoms with van der Waals surface area (Å²) in [6.07, 6.45) is 7.90. The van der Waals surface area contributed by atoms with Gasteiger partial charge in [-0.2, -0.15) is 0 Å². The molecule has 0 nitrogen and oxygen atoms in total. The summed E-state index contributed by atoms with van der Waals surface area (Å²) in [4.78, 5) is 0. The molecule has 0 saturated carbocycles. The summed E-state index contributed by atoms with van der Waals surface area (Å²) in [6, 6.07) is 3.07. The predicted molar refractivity (Wildman–Crippen MR) is 96.4 cm³/mol. The molecule has 3 rings (SSSR count). The van der Waals surface area contributed by atoms with E-state index in [-0.39, 0.29) is 0 Å². The van der Waals surface area contributed by atoms with E-state index in [9.17, 15) is 0 Å². The van der Waals surface area contributed by atoms with Crippen molar-refractivity contribution in [2.75, 3.05) is 0 Å². The smallest absolute Gasteiger partial charge is 0.0686 e. The number of rotatable bonds is 2. The third kappa shape index (κ3) is 2.08. The van der Waals surface area contributed by atoms with E-state index in [2.05, 4.69) is 53.7 Å². The summed E-state index contributed by atoms with van der Waals surface area (Å²) in [5.74, 6) is 0. The van der Waals surface area contributed by atoms with Crippen molar-refractivity contribution in [2.45, 2.75) is 77.6 Å². The van der Waals surface area contributed by atoms with E-state index >= 15 is 0 Å². The van der Waals surface area contributed by atoms with Crippen LogP contribution >= 0.6 is 0 Å². The van der Waals surface area contributed by atoms with Gasteiger partial charge in [-0.1, -0.05) is 70.5 Å². The molecule has 0 aromatic heterocycles. The molecule has 0 aromatic carbocycles. The van der Waals surface area contributed by atoms with E-state index in [1.807, 2.05) is 0 Å². The van der Waals surface area contributed by atoms with Crippen LogP contribution in [0, 0.1) is 0 Å². The number of hydrogen-bond acceptors (Lipinski definition) is 0. The first-order chi connectivity index (χ1) is 9.88. The van der Waals surface area contributed by atoms with Crippen molar-refractivity contribution < 1.29 is 0 Å². The molecule has 0 N–H and O–H groups in total. The average Bonchev–Trinajstić information content (AvgIpc) is 3.03. The third-order valence-corrected chi connectivity index (χ3v) is 13.2. The van der Waals surface area contributed by atoms with E-state index in [0.29, 0.717) is 0 Å². The van der Waals surface area contributed by atoms with E-state index in [0.717, 1.165) is 11.1 Å². The maximum Gasteiger partial charge on any atom is 0.0772 e. The van der Waals surface area contributed by atoms with Gasteiger partial charge in [-0.25, -0.2) is 0 Å². The maximum absolute atomic E-state index is 2.48. The lowest BCUT2D eigenvalue weighted by Gasteiger charge is -2.42. The van der Waals surface area contributed by atoms with Crippen molar-refractivity contribution in [3.05, 3.63) is 45.6 Å². The Morgan fingerprint density at radius 1 is 0.714 bits per heavy atom. The van der Waals surface area contributed by atoms with Crippen LogP contribution in [-0.2, 0) is 0 Å². The van der Waals surface area contributed by atoms with Gasteiger partial charge in [0.15, 0.2) is 0 Å². The maximum atomic E-state index is 2.48. The van der Waals surface area contributed by atoms with E-state index in [4.69, 9.17) is 0 Å². The monoisotopic (exact) mass is 298 g/mol. The molecular weight excluding hydrogens is 268 g/mol. The summed E-state index contributed by atoms with van der Waals surface area (Å²) in [5, 5.41) is 0. The van der Waals surface area contributed by atoms with Gasteiger partial charge >= 0.3 is 0 Å². The zero-order valence-corrected chi connectivity index (χ0v) is 15.6. The Hall–Kier alpha value is -0.823. The van der Waals surface area contributed by atoms with Crippen molar-refractivity contribution in [3.63, 3.8) is 0 Å². The lowest BCUT2D eigenvalue weighted by Crippen LogP contribution is -2.43. The summed E-state index contributed by atoms with van der Waals surface area (Å²) < 4.78 is 0. The zero-order chi connectivity index (χ0) is 15.4. The highest BCUT2D eigenvalue weighted by Crippen LogP contribution is 2.60. The molecule has 0 spiro atoms. The highest BCUT2D eigenvalue weighted by atomic mass is 28.3. The van der Waals surface area contributed by atoms with E-state index in [1.54, 1.807) is 33.4 Å². The molecule has 1 heteroatoms. The van der Waals surface area contributed by atoms with Crippen LogP contribution in [0.15, 0.2) is 45.6 Å². The SMILES string of the molecule is CC1=CC(C)=C(C)C1[Si]1(C2C(C)=CC(C)=C2C)CCCC1. The quantitative estimate of drug-likeness (QED) is 0.506. The lowest BCUT2D eigenvalue weighted by atomic mass is 10.1. The van der Waals surface area contributed by atoms with Gasteiger partial charge in [-0.3, -0.25) is 0 Å². The normalized spacial score (nSPS) is 32.1. The van der Waals surface area contributed by atoms with Crippen LogP contribution in [0.2, 0.25) is 23.2 Å². The summed E-state index contributed by atoms with van der Waals surface area (Å²) >= 11 is 0. The van der Waals surface area contributed by atoms with Crippen LogP contribution in [0.25, 0.3) is 0 Å². The lowest BCUT2D eigenvalue weighted by molar-refractivity contribution is 0.935. The highest BCUT2D eigenvalue weighted by Gasteiger charge is 2.53. The second-order valence-corrected chi connectivity index (χ2v) is 12.4. The second-order valence-electron chi connectivity index (χ2n) is 7.82. The van der Waals surface area contributed by atoms with E-state index < -0.39 is 8.07 Å². The molecular formula is C20H30Si. The summed E-state index contributed by atoms with van der Waals surface area (Å²) in [6.45, 7) is 14.3. The fourth-order valence-corrected chi connectivity index (χ4v) is 13.5. The van der Waals surface area contributed by atoms with Gasteiger partial charge in [0.2, 0.25) is 0 Å². The Morgan fingerprint density at radius 3 is 1.38 bits per heavy atom. The molecule has 1 heterocycles. The van der Waals surface area contributed by atoms with Crippen LogP contribution in [0.4, 0.5) is 0 Å². The number of allylic oxidation sites excluding steroid dienone is 8. The van der Waals surface area contributed by atoms with Crippen molar-refractivity contribution in [2.24, 2.45) is 0 Å². The van der Waals surface area contributed by atoms with Gasteiger partial charge < -0.3 is 0 Å². The average molecular weight is 299 g/mol. The first kappa shape index (κ1) is 15.1. The topological polar surface area (TPSA) is 0 Å². The van der Waals surface area contributed by atoms with Crippen LogP contribution in [0.3, 0.4) is 0 Å². The molecule has 2 unspecified atom stereocenters. The molecule has 2 aliphatic carbocycles. The molecule has 0 bridgehead atoms. The Bertz CT molecular complexity index is 543. The molecule has 0 aromatic rings. The van der Waals surface area contributed by atoms with Crippen molar-refractivity contribution in [1.82, 2.24) is 0 Å². The first-order valence-electron chi connectivity index (χ1n) is 8.59. The van der Waals surface area contributed by atoms with Gasteiger partial charge in [-0.05, 0) is 52.6 Å². The molecule has 0 amide bonds. The zero-order valence-electron chi connectivity index (χ0n) is 14.6. The second kappa shape index (κ2) is 5.12. The van der Waals surface area contributed by atoms with Gasteiger partial charge in [0.1, 0.15) is 0 Å². The molecule has 21 heavy (non-hydrogen) atoms. The molecule has 3 aliphatic rings. The molecule has 2 atom stereocenters. The Balaban J connectivity index is 2.11. The fraction of sp³-hybridized carbons (Fsp3) is 0.600. The Morgan fingerprint density at radius 2 is 1.10 bits per heavy atom. The van der Waals surface area contributed by atoms with Gasteiger partial charge in [-0.15, -0.1) is 0 Å². The predicted octanol–water partition coefficient (Wildman–Crippen LogP) is 6.56. The Kier molecular flexibility index (Phi) is 3.68. The minimum Gasteiger partial charge on any atom is -0.0686 e. The summed E-state index contributed by atoms with van der Waals surface area (Å²) in [7, 11) is -1.35. The van der Waals surface area contributed by atoms with Crippen LogP contribution < -0.4 is 0 Å². The van der Waals surface area contributed by atoms with Gasteiger partial charge in [0, 0.05) is 0 Å². The standard InChI is InChI=1S/C20H30Si/c1-13-11-15(3)19(17(13)5)21(9-7-8-10-21)20-16(4)12-14(2)18(20)6/h11-12,19-20H,7-10H2,1-6H3.